The van der Waals surface area contributed by atoms with E-state index in [0.717, 1.165) is 18.2 Å². The third kappa shape index (κ3) is 4.69. The van der Waals surface area contributed by atoms with Crippen LogP contribution in [0.5, 0.6) is 5.75 Å². The molecule has 0 spiro atoms. The van der Waals surface area contributed by atoms with E-state index in [1.54, 1.807) is 34.0 Å². The Morgan fingerprint density at radius 1 is 1.16 bits per heavy atom. The molecule has 0 radical (unpaired) electrons. The molecule has 2 aromatic carbocycles. The molecule has 1 fully saturated rings. The molecule has 0 bridgehead atoms. The molecule has 3 aromatic rings. The smallest absolute Gasteiger partial charge is 0.410 e. The lowest BCUT2D eigenvalue weighted by Crippen LogP contribution is -2.43. The molecular formula is C24H28N4O4. The minimum absolute atomic E-state index is 0.0210. The van der Waals surface area contributed by atoms with Crippen LogP contribution in [0.1, 0.15) is 50.0 Å². The van der Waals surface area contributed by atoms with Crippen LogP contribution < -0.4 is 5.32 Å². The summed E-state index contributed by atoms with van der Waals surface area (Å²) >= 11 is 0. The number of piperidine rings is 1. The van der Waals surface area contributed by atoms with Gasteiger partial charge in [-0.3, -0.25) is 9.48 Å². The van der Waals surface area contributed by atoms with Crippen LogP contribution in [0.4, 0.5) is 10.5 Å². The van der Waals surface area contributed by atoms with Gasteiger partial charge in [-0.25, -0.2) is 4.79 Å². The van der Waals surface area contributed by atoms with Gasteiger partial charge in [-0.05, 0) is 45.7 Å². The van der Waals surface area contributed by atoms with Crippen LogP contribution in [-0.4, -0.2) is 50.5 Å². The van der Waals surface area contributed by atoms with Crippen molar-refractivity contribution in [1.82, 2.24) is 14.7 Å². The number of ether oxygens (including phenoxy) is 1. The van der Waals surface area contributed by atoms with E-state index in [1.807, 2.05) is 39.0 Å². The van der Waals surface area contributed by atoms with E-state index < -0.39 is 5.60 Å². The highest BCUT2D eigenvalue weighted by molar-refractivity contribution is 6.09. The topological polar surface area (TPSA) is 96.7 Å². The Hall–Kier alpha value is -3.55. The Balaban J connectivity index is 1.46. The second-order valence-electron chi connectivity index (χ2n) is 9.06. The number of carbonyl (C=O) groups is 2. The summed E-state index contributed by atoms with van der Waals surface area (Å²) < 4.78 is 7.24. The van der Waals surface area contributed by atoms with Gasteiger partial charge in [-0.1, -0.05) is 24.3 Å². The normalized spacial score (nSPS) is 16.7. The van der Waals surface area contributed by atoms with Gasteiger partial charge in [0.2, 0.25) is 0 Å². The van der Waals surface area contributed by atoms with E-state index in [-0.39, 0.29) is 23.8 Å². The van der Waals surface area contributed by atoms with E-state index in [4.69, 9.17) is 4.74 Å². The average Bonchev–Trinajstić information content (AvgIpc) is 3.25. The molecule has 2 N–H and O–H groups in total. The zero-order valence-corrected chi connectivity index (χ0v) is 18.5. The number of hydrogen-bond acceptors (Lipinski definition) is 5. The second kappa shape index (κ2) is 8.53. The summed E-state index contributed by atoms with van der Waals surface area (Å²) in [5, 5.41) is 18.8. The summed E-state index contributed by atoms with van der Waals surface area (Å²) in [6.45, 7) is 6.68. The van der Waals surface area contributed by atoms with Crippen molar-refractivity contribution in [3.63, 3.8) is 0 Å². The van der Waals surface area contributed by atoms with Crippen molar-refractivity contribution in [1.29, 1.82) is 0 Å². The molecule has 2 amide bonds. The standard InChI is InChI=1S/C24H28N4O4/c1-24(2,3)32-23(31)27-12-6-7-17(15-27)28-14-16(13-25-28)22(30)26-20-10-11-21(29)19-9-5-4-8-18(19)20/h4-5,8-11,13-14,17,29H,6-7,12,15H2,1-3H3,(H,26,30). The summed E-state index contributed by atoms with van der Waals surface area (Å²) in [6.07, 6.45) is 4.62. The molecule has 0 aliphatic carbocycles. The summed E-state index contributed by atoms with van der Waals surface area (Å²) in [5.74, 6) is -0.120. The maximum Gasteiger partial charge on any atom is 0.410 e. The highest BCUT2D eigenvalue weighted by Crippen LogP contribution is 2.31. The van der Waals surface area contributed by atoms with Crippen molar-refractivity contribution in [2.75, 3.05) is 18.4 Å². The lowest BCUT2D eigenvalue weighted by atomic mass is 10.1. The third-order valence-corrected chi connectivity index (χ3v) is 5.44. The number of amides is 2. The van der Waals surface area contributed by atoms with Crippen LogP contribution in [0.3, 0.4) is 0 Å². The van der Waals surface area contributed by atoms with E-state index in [1.165, 1.54) is 6.20 Å². The maximum atomic E-state index is 12.9. The average molecular weight is 437 g/mol. The molecule has 4 rings (SSSR count). The number of aromatic nitrogens is 2. The molecule has 2 heterocycles. The fourth-order valence-corrected chi connectivity index (χ4v) is 3.90. The molecule has 168 valence electrons. The van der Waals surface area contributed by atoms with E-state index in [0.29, 0.717) is 29.7 Å². The van der Waals surface area contributed by atoms with Gasteiger partial charge in [0.05, 0.1) is 17.8 Å². The number of phenolic OH excluding ortho intramolecular Hbond substituents is 1. The highest BCUT2D eigenvalue weighted by Gasteiger charge is 2.29. The predicted molar refractivity (Wildman–Crippen MR) is 122 cm³/mol. The molecule has 8 nitrogen and oxygen atoms in total. The summed E-state index contributed by atoms with van der Waals surface area (Å²) in [7, 11) is 0. The number of nitrogens with one attached hydrogen (secondary N) is 1. The fourth-order valence-electron chi connectivity index (χ4n) is 3.90. The van der Waals surface area contributed by atoms with Crippen LogP contribution in [0.15, 0.2) is 48.8 Å². The number of rotatable bonds is 3. The number of likely N-dealkylation sites (tertiary alicyclic amines) is 1. The fraction of sp³-hybridized carbons (Fsp3) is 0.375. The lowest BCUT2D eigenvalue weighted by molar-refractivity contribution is 0.0167. The number of phenols is 1. The van der Waals surface area contributed by atoms with E-state index in [2.05, 4.69) is 10.4 Å². The van der Waals surface area contributed by atoms with Gasteiger partial charge in [0, 0.05) is 35.7 Å². The van der Waals surface area contributed by atoms with Gasteiger partial charge in [0.1, 0.15) is 11.4 Å². The third-order valence-electron chi connectivity index (χ3n) is 5.44. The molecule has 32 heavy (non-hydrogen) atoms. The van der Waals surface area contributed by atoms with Crippen LogP contribution in [-0.2, 0) is 4.74 Å². The largest absolute Gasteiger partial charge is 0.507 e. The van der Waals surface area contributed by atoms with Crippen LogP contribution >= 0.6 is 0 Å². The lowest BCUT2D eigenvalue weighted by Gasteiger charge is -2.34. The monoisotopic (exact) mass is 436 g/mol. The molecule has 1 atom stereocenters. The predicted octanol–water partition coefficient (Wildman–Crippen LogP) is 4.57. The van der Waals surface area contributed by atoms with Crippen LogP contribution in [0, 0.1) is 0 Å². The van der Waals surface area contributed by atoms with Crippen LogP contribution in [0.25, 0.3) is 10.8 Å². The van der Waals surface area contributed by atoms with Gasteiger partial charge in [-0.2, -0.15) is 5.10 Å². The second-order valence-corrected chi connectivity index (χ2v) is 9.06. The first-order valence-corrected chi connectivity index (χ1v) is 10.8. The first-order chi connectivity index (χ1) is 15.2. The summed E-state index contributed by atoms with van der Waals surface area (Å²) in [4.78, 5) is 27.0. The van der Waals surface area contributed by atoms with Crippen molar-refractivity contribution in [3.05, 3.63) is 54.4 Å². The Morgan fingerprint density at radius 3 is 2.66 bits per heavy atom. The van der Waals surface area contributed by atoms with Crippen molar-refractivity contribution >= 4 is 28.5 Å². The molecule has 1 aliphatic heterocycles. The molecule has 1 saturated heterocycles. The van der Waals surface area contributed by atoms with Gasteiger partial charge in [0.15, 0.2) is 0 Å². The Bertz CT molecular complexity index is 1150. The number of carbonyl (C=O) groups excluding carboxylic acids is 2. The molecular weight excluding hydrogens is 408 g/mol. The van der Waals surface area contributed by atoms with Crippen LogP contribution in [0.2, 0.25) is 0 Å². The number of aromatic hydroxyl groups is 1. The van der Waals surface area contributed by atoms with E-state index in [9.17, 15) is 14.7 Å². The van der Waals surface area contributed by atoms with Gasteiger partial charge < -0.3 is 20.1 Å². The van der Waals surface area contributed by atoms with Crippen molar-refractivity contribution in [3.8, 4) is 5.75 Å². The maximum absolute atomic E-state index is 12.9. The van der Waals surface area contributed by atoms with E-state index >= 15 is 0 Å². The van der Waals surface area contributed by atoms with Gasteiger partial charge in [0.25, 0.3) is 5.91 Å². The zero-order chi connectivity index (χ0) is 22.9. The summed E-state index contributed by atoms with van der Waals surface area (Å²) in [6, 6.07) is 10.6. The van der Waals surface area contributed by atoms with Gasteiger partial charge >= 0.3 is 6.09 Å². The van der Waals surface area contributed by atoms with Gasteiger partial charge in [-0.15, -0.1) is 0 Å². The minimum atomic E-state index is -0.542. The SMILES string of the molecule is CC(C)(C)OC(=O)N1CCCC(n2cc(C(=O)Nc3ccc(O)c4ccccc34)cn2)C1. The molecule has 1 unspecified atom stereocenters. The number of fused-ring (bicyclic) bond motifs is 1. The number of anilines is 1. The first kappa shape index (κ1) is 21.7. The first-order valence-electron chi connectivity index (χ1n) is 10.8. The summed E-state index contributed by atoms with van der Waals surface area (Å²) in [5.41, 5.74) is 0.501. The van der Waals surface area contributed by atoms with Crippen molar-refractivity contribution < 1.29 is 19.4 Å². The quantitative estimate of drug-likeness (QED) is 0.587. The highest BCUT2D eigenvalue weighted by atomic mass is 16.6. The minimum Gasteiger partial charge on any atom is -0.507 e. The molecule has 0 saturated carbocycles. The number of benzene rings is 2. The number of hydrogen-bond donors (Lipinski definition) is 2. The Labute approximate surface area is 186 Å². The molecule has 1 aromatic heterocycles. The number of nitrogens with zero attached hydrogens (tertiary/aromatic N) is 3. The Kier molecular flexibility index (Phi) is 5.78. The molecule has 1 aliphatic rings. The Morgan fingerprint density at radius 2 is 1.91 bits per heavy atom. The zero-order valence-electron chi connectivity index (χ0n) is 18.5. The van der Waals surface area contributed by atoms with Crippen molar-refractivity contribution in [2.45, 2.75) is 45.3 Å². The molecule has 8 heteroatoms. The van der Waals surface area contributed by atoms with Crippen molar-refractivity contribution in [2.24, 2.45) is 0 Å².